The third kappa shape index (κ3) is 4.38. The molecule has 1 saturated carbocycles. The highest BCUT2D eigenvalue weighted by Crippen LogP contribution is 2.42. The standard InChI is InChI=1S/C17H22ClF3/c1-11-6-7-13(8-12(11)2)9-16(18)14-4-3-5-15(10-14)17(19,20)21/h6-8,14-16H,3-5,9-10H2,1-2H3. The third-order valence-corrected chi connectivity index (χ3v) is 5.20. The van der Waals surface area contributed by atoms with Gasteiger partial charge in [0.1, 0.15) is 0 Å². The lowest BCUT2D eigenvalue weighted by atomic mass is 9.78. The molecule has 0 bridgehead atoms. The van der Waals surface area contributed by atoms with Crippen molar-refractivity contribution in [1.29, 1.82) is 0 Å². The van der Waals surface area contributed by atoms with Crippen molar-refractivity contribution in [3.63, 3.8) is 0 Å². The van der Waals surface area contributed by atoms with Crippen molar-refractivity contribution in [3.05, 3.63) is 34.9 Å². The lowest BCUT2D eigenvalue weighted by Crippen LogP contribution is -2.32. The topological polar surface area (TPSA) is 0 Å². The van der Waals surface area contributed by atoms with Crippen LogP contribution >= 0.6 is 11.6 Å². The number of halogens is 4. The minimum atomic E-state index is -4.07. The zero-order valence-corrected chi connectivity index (χ0v) is 13.3. The normalized spacial score (nSPS) is 24.9. The van der Waals surface area contributed by atoms with Gasteiger partial charge in [-0.25, -0.2) is 0 Å². The van der Waals surface area contributed by atoms with E-state index in [0.717, 1.165) is 12.0 Å². The van der Waals surface area contributed by atoms with E-state index < -0.39 is 12.1 Å². The molecule has 3 atom stereocenters. The molecule has 1 aromatic rings. The van der Waals surface area contributed by atoms with Crippen LogP contribution in [0, 0.1) is 25.7 Å². The monoisotopic (exact) mass is 318 g/mol. The summed E-state index contributed by atoms with van der Waals surface area (Å²) >= 11 is 6.43. The van der Waals surface area contributed by atoms with Crippen molar-refractivity contribution in [2.75, 3.05) is 0 Å². The summed E-state index contributed by atoms with van der Waals surface area (Å²) in [6.07, 6.45) is -1.54. The van der Waals surface area contributed by atoms with E-state index in [1.165, 1.54) is 11.1 Å². The van der Waals surface area contributed by atoms with Crippen LogP contribution in [0.25, 0.3) is 0 Å². The molecule has 1 aromatic carbocycles. The smallest absolute Gasteiger partial charge is 0.171 e. The van der Waals surface area contributed by atoms with E-state index in [1.807, 2.05) is 26.0 Å². The van der Waals surface area contributed by atoms with E-state index in [4.69, 9.17) is 11.6 Å². The van der Waals surface area contributed by atoms with Crippen LogP contribution in [-0.2, 0) is 6.42 Å². The average molecular weight is 319 g/mol. The number of hydrogen-bond donors (Lipinski definition) is 0. The number of rotatable bonds is 3. The Morgan fingerprint density at radius 3 is 2.52 bits per heavy atom. The van der Waals surface area contributed by atoms with Gasteiger partial charge in [-0.1, -0.05) is 24.6 Å². The molecule has 1 aliphatic carbocycles. The quantitative estimate of drug-likeness (QED) is 0.616. The molecular formula is C17H22ClF3. The van der Waals surface area contributed by atoms with E-state index in [0.29, 0.717) is 12.8 Å². The fraction of sp³-hybridized carbons (Fsp3) is 0.647. The number of alkyl halides is 4. The molecule has 0 N–H and O–H groups in total. The van der Waals surface area contributed by atoms with Crippen molar-refractivity contribution in [2.24, 2.45) is 11.8 Å². The van der Waals surface area contributed by atoms with Crippen molar-refractivity contribution < 1.29 is 13.2 Å². The van der Waals surface area contributed by atoms with Gasteiger partial charge in [-0.2, -0.15) is 13.2 Å². The molecule has 3 unspecified atom stereocenters. The molecule has 4 heteroatoms. The number of aryl methyl sites for hydroxylation is 2. The second kappa shape index (κ2) is 6.60. The minimum Gasteiger partial charge on any atom is -0.171 e. The maximum absolute atomic E-state index is 12.9. The van der Waals surface area contributed by atoms with Gasteiger partial charge in [0.2, 0.25) is 0 Å². The van der Waals surface area contributed by atoms with E-state index in [-0.39, 0.29) is 24.1 Å². The summed E-state index contributed by atoms with van der Waals surface area (Å²) in [7, 11) is 0. The average Bonchev–Trinajstić information content (AvgIpc) is 2.42. The summed E-state index contributed by atoms with van der Waals surface area (Å²) in [4.78, 5) is 0. The summed E-state index contributed by atoms with van der Waals surface area (Å²) in [5, 5.41) is -0.211. The maximum Gasteiger partial charge on any atom is 0.391 e. The first-order chi connectivity index (χ1) is 9.77. The minimum absolute atomic E-state index is 0.0337. The summed E-state index contributed by atoms with van der Waals surface area (Å²) in [5.74, 6) is -1.20. The Labute approximate surface area is 129 Å². The van der Waals surface area contributed by atoms with Gasteiger partial charge in [-0.3, -0.25) is 0 Å². The Kier molecular flexibility index (Phi) is 5.24. The van der Waals surface area contributed by atoms with Gasteiger partial charge in [0, 0.05) is 5.38 Å². The largest absolute Gasteiger partial charge is 0.391 e. The van der Waals surface area contributed by atoms with Crippen LogP contribution in [0.4, 0.5) is 13.2 Å². The van der Waals surface area contributed by atoms with Gasteiger partial charge in [-0.05, 0) is 62.1 Å². The van der Waals surface area contributed by atoms with Crippen LogP contribution in [0.15, 0.2) is 18.2 Å². The van der Waals surface area contributed by atoms with Gasteiger partial charge in [-0.15, -0.1) is 11.6 Å². The first-order valence-corrected chi connectivity index (χ1v) is 7.98. The van der Waals surface area contributed by atoms with Crippen LogP contribution in [0.1, 0.15) is 42.4 Å². The molecule has 0 amide bonds. The molecule has 1 fully saturated rings. The van der Waals surface area contributed by atoms with Gasteiger partial charge in [0.25, 0.3) is 0 Å². The summed E-state index contributed by atoms with van der Waals surface area (Å²) in [5.41, 5.74) is 3.54. The second-order valence-corrected chi connectivity index (χ2v) is 6.86. The SMILES string of the molecule is Cc1ccc(CC(Cl)C2CCCC(C(F)(F)F)C2)cc1C. The van der Waals surface area contributed by atoms with Crippen LogP contribution in [0.5, 0.6) is 0 Å². The van der Waals surface area contributed by atoms with E-state index >= 15 is 0 Å². The lowest BCUT2D eigenvalue weighted by Gasteiger charge is -2.33. The lowest BCUT2D eigenvalue weighted by molar-refractivity contribution is -0.185. The molecule has 0 radical (unpaired) electrons. The highest BCUT2D eigenvalue weighted by Gasteiger charge is 2.43. The van der Waals surface area contributed by atoms with Gasteiger partial charge in [0.05, 0.1) is 5.92 Å². The fourth-order valence-corrected chi connectivity index (χ4v) is 3.58. The van der Waals surface area contributed by atoms with Crippen molar-refractivity contribution in [3.8, 4) is 0 Å². The highest BCUT2D eigenvalue weighted by molar-refractivity contribution is 6.20. The molecule has 0 saturated heterocycles. The summed E-state index contributed by atoms with van der Waals surface area (Å²) in [6.45, 7) is 4.09. The van der Waals surface area contributed by atoms with Crippen LogP contribution in [0.2, 0.25) is 0 Å². The molecular weight excluding hydrogens is 297 g/mol. The molecule has 0 aliphatic heterocycles. The highest BCUT2D eigenvalue weighted by atomic mass is 35.5. The first kappa shape index (κ1) is 16.7. The predicted molar refractivity (Wildman–Crippen MR) is 80.8 cm³/mol. The zero-order chi connectivity index (χ0) is 15.6. The molecule has 2 rings (SSSR count). The Balaban J connectivity index is 1.99. The fourth-order valence-electron chi connectivity index (χ4n) is 3.18. The molecule has 118 valence electrons. The van der Waals surface area contributed by atoms with Gasteiger partial charge < -0.3 is 0 Å². The molecule has 0 spiro atoms. The molecule has 21 heavy (non-hydrogen) atoms. The molecule has 0 heterocycles. The Morgan fingerprint density at radius 2 is 1.90 bits per heavy atom. The third-order valence-electron chi connectivity index (χ3n) is 4.69. The van der Waals surface area contributed by atoms with Crippen molar-refractivity contribution >= 4 is 11.6 Å². The number of hydrogen-bond acceptors (Lipinski definition) is 0. The van der Waals surface area contributed by atoms with Gasteiger partial charge in [0.15, 0.2) is 0 Å². The van der Waals surface area contributed by atoms with Crippen molar-refractivity contribution in [1.82, 2.24) is 0 Å². The summed E-state index contributed by atoms with van der Waals surface area (Å²) in [6, 6.07) is 6.17. The summed E-state index contributed by atoms with van der Waals surface area (Å²) < 4.78 is 38.6. The first-order valence-electron chi connectivity index (χ1n) is 7.54. The molecule has 0 nitrogen and oxygen atoms in total. The van der Waals surface area contributed by atoms with Gasteiger partial charge >= 0.3 is 6.18 Å². The van der Waals surface area contributed by atoms with E-state index in [9.17, 15) is 13.2 Å². The van der Waals surface area contributed by atoms with E-state index in [2.05, 4.69) is 6.07 Å². The second-order valence-electron chi connectivity index (χ2n) is 6.30. The predicted octanol–water partition coefficient (Wildman–Crippen LogP) is 5.82. The zero-order valence-electron chi connectivity index (χ0n) is 12.5. The van der Waals surface area contributed by atoms with Crippen LogP contribution in [0.3, 0.4) is 0 Å². The maximum atomic E-state index is 12.9. The molecule has 0 aromatic heterocycles. The number of benzene rings is 1. The van der Waals surface area contributed by atoms with Crippen LogP contribution < -0.4 is 0 Å². The Hall–Kier alpha value is -0.700. The Morgan fingerprint density at radius 1 is 1.19 bits per heavy atom. The van der Waals surface area contributed by atoms with Crippen molar-refractivity contribution in [2.45, 2.75) is 57.5 Å². The van der Waals surface area contributed by atoms with Crippen LogP contribution in [-0.4, -0.2) is 11.6 Å². The van der Waals surface area contributed by atoms with E-state index in [1.54, 1.807) is 0 Å². The Bertz CT molecular complexity index is 481. The molecule has 1 aliphatic rings.